The lowest BCUT2D eigenvalue weighted by molar-refractivity contribution is 0.0601. The highest BCUT2D eigenvalue weighted by Gasteiger charge is 2.32. The van der Waals surface area contributed by atoms with E-state index >= 15 is 0 Å². The Bertz CT molecular complexity index is 591. The van der Waals surface area contributed by atoms with E-state index in [2.05, 4.69) is 28.9 Å². The number of nitrogens with zero attached hydrogens (tertiary/aromatic N) is 2. The minimum absolute atomic E-state index is 0.708. The molecule has 3 nitrogen and oxygen atoms in total. The first kappa shape index (κ1) is 15.2. The molecule has 22 heavy (non-hydrogen) atoms. The number of benzene rings is 1. The number of rotatable bonds is 5. The van der Waals surface area contributed by atoms with E-state index in [1.54, 1.807) is 12.4 Å². The van der Waals surface area contributed by atoms with Crippen LogP contribution in [0.3, 0.4) is 0 Å². The van der Waals surface area contributed by atoms with E-state index in [0.717, 1.165) is 30.8 Å². The highest BCUT2D eigenvalue weighted by atomic mass is 16.3. The molecule has 0 aliphatic carbocycles. The summed E-state index contributed by atoms with van der Waals surface area (Å²) in [5, 5.41) is 11.5. The SMILES string of the molecule is Cc1ccc(C(O)(CCN2CCCC2)c2ccncc2)cc1. The molecule has 1 fully saturated rings. The summed E-state index contributed by atoms with van der Waals surface area (Å²) in [6.07, 6.45) is 6.77. The van der Waals surface area contributed by atoms with Crippen molar-refractivity contribution in [2.45, 2.75) is 31.8 Å². The second kappa shape index (κ2) is 6.59. The molecule has 1 aromatic heterocycles. The van der Waals surface area contributed by atoms with Crippen molar-refractivity contribution in [2.24, 2.45) is 0 Å². The molecule has 1 aliphatic rings. The molecule has 1 aliphatic heterocycles. The molecule has 0 bridgehead atoms. The molecule has 1 saturated heterocycles. The molecule has 0 amide bonds. The number of likely N-dealkylation sites (tertiary alicyclic amines) is 1. The van der Waals surface area contributed by atoms with Crippen LogP contribution in [-0.4, -0.2) is 34.6 Å². The molecule has 1 atom stereocenters. The Morgan fingerprint density at radius 1 is 1.00 bits per heavy atom. The Balaban J connectivity index is 1.88. The van der Waals surface area contributed by atoms with Crippen molar-refractivity contribution >= 4 is 0 Å². The topological polar surface area (TPSA) is 36.4 Å². The van der Waals surface area contributed by atoms with Crippen LogP contribution < -0.4 is 0 Å². The maximum atomic E-state index is 11.5. The standard InChI is InChI=1S/C19H24N2O/c1-16-4-6-17(7-5-16)19(22,18-8-11-20-12-9-18)10-15-21-13-2-3-14-21/h4-9,11-12,22H,2-3,10,13-15H2,1H3. The maximum absolute atomic E-state index is 11.5. The lowest BCUT2D eigenvalue weighted by Crippen LogP contribution is -2.33. The average molecular weight is 296 g/mol. The van der Waals surface area contributed by atoms with E-state index < -0.39 is 5.60 Å². The van der Waals surface area contributed by atoms with Gasteiger partial charge in [-0.2, -0.15) is 0 Å². The van der Waals surface area contributed by atoms with E-state index in [4.69, 9.17) is 0 Å². The second-order valence-corrected chi connectivity index (χ2v) is 6.26. The van der Waals surface area contributed by atoms with Gasteiger partial charge in [-0.3, -0.25) is 4.98 Å². The van der Waals surface area contributed by atoms with Crippen molar-refractivity contribution in [1.82, 2.24) is 9.88 Å². The molecule has 1 N–H and O–H groups in total. The lowest BCUT2D eigenvalue weighted by Gasteiger charge is -2.31. The van der Waals surface area contributed by atoms with Crippen LogP contribution in [0.4, 0.5) is 0 Å². The molecule has 116 valence electrons. The number of aliphatic hydroxyl groups is 1. The van der Waals surface area contributed by atoms with Gasteiger partial charge in [0.25, 0.3) is 0 Å². The Kier molecular flexibility index (Phi) is 4.55. The molecule has 3 rings (SSSR count). The molecule has 0 radical (unpaired) electrons. The summed E-state index contributed by atoms with van der Waals surface area (Å²) < 4.78 is 0. The van der Waals surface area contributed by atoms with Gasteiger partial charge < -0.3 is 10.0 Å². The third-order valence-corrected chi connectivity index (χ3v) is 4.68. The first-order valence-electron chi connectivity index (χ1n) is 8.11. The highest BCUT2D eigenvalue weighted by molar-refractivity contribution is 5.36. The van der Waals surface area contributed by atoms with E-state index in [-0.39, 0.29) is 0 Å². The molecular formula is C19H24N2O. The fourth-order valence-corrected chi connectivity index (χ4v) is 3.24. The first-order valence-corrected chi connectivity index (χ1v) is 8.11. The predicted octanol–water partition coefficient (Wildman–Crippen LogP) is 3.11. The maximum Gasteiger partial charge on any atom is 0.116 e. The number of hydrogen-bond donors (Lipinski definition) is 1. The molecule has 3 heteroatoms. The summed E-state index contributed by atoms with van der Waals surface area (Å²) in [4.78, 5) is 6.53. The van der Waals surface area contributed by atoms with Crippen LogP contribution >= 0.6 is 0 Å². The van der Waals surface area contributed by atoms with Crippen molar-refractivity contribution in [2.75, 3.05) is 19.6 Å². The van der Waals surface area contributed by atoms with Crippen molar-refractivity contribution in [3.8, 4) is 0 Å². The lowest BCUT2D eigenvalue weighted by atomic mass is 9.83. The van der Waals surface area contributed by atoms with Gasteiger partial charge in [0.15, 0.2) is 0 Å². The van der Waals surface area contributed by atoms with Gasteiger partial charge in [0.05, 0.1) is 0 Å². The monoisotopic (exact) mass is 296 g/mol. The largest absolute Gasteiger partial charge is 0.380 e. The van der Waals surface area contributed by atoms with E-state index in [9.17, 15) is 5.11 Å². The van der Waals surface area contributed by atoms with Crippen molar-refractivity contribution < 1.29 is 5.11 Å². The smallest absolute Gasteiger partial charge is 0.116 e. The van der Waals surface area contributed by atoms with Gasteiger partial charge in [-0.05, 0) is 62.5 Å². The van der Waals surface area contributed by atoms with Gasteiger partial charge in [0.1, 0.15) is 5.60 Å². The van der Waals surface area contributed by atoms with Crippen LogP contribution in [0.2, 0.25) is 0 Å². The summed E-state index contributed by atoms with van der Waals surface area (Å²) in [6, 6.07) is 12.1. The van der Waals surface area contributed by atoms with Crippen LogP contribution in [-0.2, 0) is 5.60 Å². The molecule has 1 aromatic carbocycles. The molecular weight excluding hydrogens is 272 g/mol. The number of aromatic nitrogens is 1. The zero-order valence-corrected chi connectivity index (χ0v) is 13.2. The summed E-state index contributed by atoms with van der Waals surface area (Å²) in [5.41, 5.74) is 2.15. The zero-order valence-electron chi connectivity index (χ0n) is 13.2. The van der Waals surface area contributed by atoms with E-state index in [1.165, 1.54) is 18.4 Å². The molecule has 1 unspecified atom stereocenters. The van der Waals surface area contributed by atoms with Crippen molar-refractivity contribution in [3.63, 3.8) is 0 Å². The third-order valence-electron chi connectivity index (χ3n) is 4.68. The van der Waals surface area contributed by atoms with Gasteiger partial charge in [-0.1, -0.05) is 29.8 Å². The normalized spacial score (nSPS) is 18.3. The first-order chi connectivity index (χ1) is 10.7. The summed E-state index contributed by atoms with van der Waals surface area (Å²) >= 11 is 0. The fraction of sp³-hybridized carbons (Fsp3) is 0.421. The predicted molar refractivity (Wildman–Crippen MR) is 88.7 cm³/mol. The molecule has 0 saturated carbocycles. The highest BCUT2D eigenvalue weighted by Crippen LogP contribution is 2.33. The third kappa shape index (κ3) is 3.21. The zero-order chi connectivity index (χ0) is 15.4. The van der Waals surface area contributed by atoms with Gasteiger partial charge in [-0.25, -0.2) is 0 Å². The van der Waals surface area contributed by atoms with Gasteiger partial charge in [-0.15, -0.1) is 0 Å². The summed E-state index contributed by atoms with van der Waals surface area (Å²) in [7, 11) is 0. The summed E-state index contributed by atoms with van der Waals surface area (Å²) in [5.74, 6) is 0. The number of hydrogen-bond acceptors (Lipinski definition) is 3. The average Bonchev–Trinajstić information content (AvgIpc) is 3.08. The Morgan fingerprint density at radius 2 is 1.59 bits per heavy atom. The Morgan fingerprint density at radius 3 is 2.23 bits per heavy atom. The van der Waals surface area contributed by atoms with Crippen LogP contribution in [0.25, 0.3) is 0 Å². The Hall–Kier alpha value is -1.71. The number of pyridine rings is 1. The molecule has 0 spiro atoms. The van der Waals surface area contributed by atoms with Crippen LogP contribution in [0.1, 0.15) is 36.0 Å². The van der Waals surface area contributed by atoms with Crippen molar-refractivity contribution in [1.29, 1.82) is 0 Å². The summed E-state index contributed by atoms with van der Waals surface area (Å²) in [6.45, 7) is 5.30. The minimum Gasteiger partial charge on any atom is -0.380 e. The van der Waals surface area contributed by atoms with Gasteiger partial charge >= 0.3 is 0 Å². The van der Waals surface area contributed by atoms with Crippen LogP contribution in [0.5, 0.6) is 0 Å². The van der Waals surface area contributed by atoms with Crippen molar-refractivity contribution in [3.05, 3.63) is 65.5 Å². The van der Waals surface area contributed by atoms with E-state index in [0.29, 0.717) is 6.42 Å². The van der Waals surface area contributed by atoms with Gasteiger partial charge in [0, 0.05) is 18.9 Å². The minimum atomic E-state index is -0.945. The fourth-order valence-electron chi connectivity index (χ4n) is 3.24. The van der Waals surface area contributed by atoms with Crippen LogP contribution in [0.15, 0.2) is 48.8 Å². The van der Waals surface area contributed by atoms with Gasteiger partial charge in [0.2, 0.25) is 0 Å². The Labute approximate surface area is 132 Å². The second-order valence-electron chi connectivity index (χ2n) is 6.26. The molecule has 2 heterocycles. The van der Waals surface area contributed by atoms with Crippen LogP contribution in [0, 0.1) is 6.92 Å². The molecule has 2 aromatic rings. The van der Waals surface area contributed by atoms with E-state index in [1.807, 2.05) is 24.3 Å². The number of aryl methyl sites for hydroxylation is 1. The quantitative estimate of drug-likeness (QED) is 0.921.